The van der Waals surface area contributed by atoms with Crippen molar-refractivity contribution in [3.63, 3.8) is 0 Å². The summed E-state index contributed by atoms with van der Waals surface area (Å²) in [6, 6.07) is 0. The standard InChI is InChI=1S/C15H20N8O/c1-11-13-14(18-12(2)19-15(13)24-20-11)22-6-3-21(4-7-22)5-8-23-10-16-9-17-23/h9-10H,3-8H2,1-2H3. The predicted molar refractivity (Wildman–Crippen MR) is 87.7 cm³/mol. The van der Waals surface area contributed by atoms with E-state index in [4.69, 9.17) is 4.52 Å². The van der Waals surface area contributed by atoms with Crippen molar-refractivity contribution in [3.8, 4) is 0 Å². The summed E-state index contributed by atoms with van der Waals surface area (Å²) in [5, 5.41) is 9.11. The SMILES string of the molecule is Cc1nc(N2CCN(CCn3cncn3)CC2)c2c(C)noc2n1. The Labute approximate surface area is 139 Å². The third kappa shape index (κ3) is 2.82. The van der Waals surface area contributed by atoms with Gasteiger partial charge in [-0.05, 0) is 13.8 Å². The zero-order chi connectivity index (χ0) is 16.5. The fraction of sp³-hybridized carbons (Fsp3) is 0.533. The van der Waals surface area contributed by atoms with E-state index in [0.29, 0.717) is 11.5 Å². The number of rotatable bonds is 4. The lowest BCUT2D eigenvalue weighted by Crippen LogP contribution is -2.47. The van der Waals surface area contributed by atoms with E-state index < -0.39 is 0 Å². The van der Waals surface area contributed by atoms with Gasteiger partial charge in [-0.2, -0.15) is 10.1 Å². The van der Waals surface area contributed by atoms with E-state index in [-0.39, 0.29) is 0 Å². The zero-order valence-electron chi connectivity index (χ0n) is 13.9. The lowest BCUT2D eigenvalue weighted by atomic mass is 10.2. The average molecular weight is 328 g/mol. The minimum atomic E-state index is 0.573. The van der Waals surface area contributed by atoms with Gasteiger partial charge in [0.1, 0.15) is 29.7 Å². The fourth-order valence-electron chi connectivity index (χ4n) is 3.08. The van der Waals surface area contributed by atoms with Gasteiger partial charge < -0.3 is 9.42 Å². The van der Waals surface area contributed by atoms with Crippen molar-refractivity contribution >= 4 is 16.9 Å². The van der Waals surface area contributed by atoms with Gasteiger partial charge in [-0.25, -0.2) is 9.97 Å². The lowest BCUT2D eigenvalue weighted by Gasteiger charge is -2.35. The first kappa shape index (κ1) is 15.0. The molecular weight excluding hydrogens is 308 g/mol. The van der Waals surface area contributed by atoms with E-state index in [1.165, 1.54) is 0 Å². The second-order valence-corrected chi connectivity index (χ2v) is 6.03. The largest absolute Gasteiger partial charge is 0.353 e. The van der Waals surface area contributed by atoms with Crippen molar-refractivity contribution in [2.75, 3.05) is 37.6 Å². The molecule has 126 valence electrons. The first-order valence-electron chi connectivity index (χ1n) is 8.11. The first-order valence-corrected chi connectivity index (χ1v) is 8.11. The molecule has 0 bridgehead atoms. The molecule has 9 nitrogen and oxygen atoms in total. The van der Waals surface area contributed by atoms with E-state index in [2.05, 4.69) is 35.0 Å². The molecule has 3 aromatic heterocycles. The first-order chi connectivity index (χ1) is 11.7. The Kier molecular flexibility index (Phi) is 3.85. The van der Waals surface area contributed by atoms with Crippen molar-refractivity contribution < 1.29 is 4.52 Å². The molecule has 1 aliphatic heterocycles. The van der Waals surface area contributed by atoms with Gasteiger partial charge in [-0.3, -0.25) is 9.58 Å². The molecule has 3 aromatic rings. The van der Waals surface area contributed by atoms with Crippen LogP contribution in [0, 0.1) is 13.8 Å². The van der Waals surface area contributed by atoms with Crippen molar-refractivity contribution in [2.45, 2.75) is 20.4 Å². The van der Waals surface area contributed by atoms with Gasteiger partial charge in [0.2, 0.25) is 0 Å². The summed E-state index contributed by atoms with van der Waals surface area (Å²) in [7, 11) is 0. The smallest absolute Gasteiger partial charge is 0.263 e. The topological polar surface area (TPSA) is 89.0 Å². The molecule has 0 N–H and O–H groups in total. The molecule has 0 saturated carbocycles. The molecule has 1 aliphatic rings. The van der Waals surface area contributed by atoms with Gasteiger partial charge in [0.15, 0.2) is 0 Å². The number of aromatic nitrogens is 6. The third-order valence-corrected chi connectivity index (χ3v) is 4.38. The van der Waals surface area contributed by atoms with E-state index in [9.17, 15) is 0 Å². The molecule has 0 amide bonds. The highest BCUT2D eigenvalue weighted by atomic mass is 16.5. The second kappa shape index (κ2) is 6.16. The summed E-state index contributed by atoms with van der Waals surface area (Å²) < 4.78 is 7.17. The monoisotopic (exact) mass is 328 g/mol. The lowest BCUT2D eigenvalue weighted by molar-refractivity contribution is 0.244. The maximum absolute atomic E-state index is 5.31. The van der Waals surface area contributed by atoms with E-state index in [1.54, 1.807) is 12.7 Å². The molecule has 0 spiro atoms. The van der Waals surface area contributed by atoms with Gasteiger partial charge in [0, 0.05) is 32.7 Å². The zero-order valence-corrected chi connectivity index (χ0v) is 13.9. The minimum Gasteiger partial charge on any atom is -0.353 e. The number of hydrogen-bond donors (Lipinski definition) is 0. The van der Waals surface area contributed by atoms with Gasteiger partial charge in [0.05, 0.1) is 12.2 Å². The van der Waals surface area contributed by atoms with E-state index >= 15 is 0 Å². The number of aryl methyl sites for hydroxylation is 2. The maximum Gasteiger partial charge on any atom is 0.263 e. The molecule has 0 radical (unpaired) electrons. The molecule has 0 aliphatic carbocycles. The molecule has 24 heavy (non-hydrogen) atoms. The van der Waals surface area contributed by atoms with Crippen LogP contribution in [0.5, 0.6) is 0 Å². The van der Waals surface area contributed by atoms with Crippen LogP contribution in [0.4, 0.5) is 5.82 Å². The van der Waals surface area contributed by atoms with Crippen LogP contribution in [0.15, 0.2) is 17.2 Å². The molecular formula is C15H20N8O. The Morgan fingerprint density at radius 2 is 1.92 bits per heavy atom. The minimum absolute atomic E-state index is 0.573. The highest BCUT2D eigenvalue weighted by Gasteiger charge is 2.23. The average Bonchev–Trinajstić information content (AvgIpc) is 3.23. The predicted octanol–water partition coefficient (Wildman–Crippen LogP) is 0.648. The van der Waals surface area contributed by atoms with Gasteiger partial charge in [0.25, 0.3) is 5.71 Å². The Morgan fingerprint density at radius 3 is 2.67 bits per heavy atom. The summed E-state index contributed by atoms with van der Waals surface area (Å²) in [5.41, 5.74) is 1.41. The Bertz CT molecular complexity index is 819. The van der Waals surface area contributed by atoms with Gasteiger partial charge >= 0.3 is 0 Å². The maximum atomic E-state index is 5.31. The van der Waals surface area contributed by atoms with Crippen LogP contribution in [-0.2, 0) is 6.54 Å². The van der Waals surface area contributed by atoms with Crippen LogP contribution >= 0.6 is 0 Å². The van der Waals surface area contributed by atoms with Crippen LogP contribution in [-0.4, -0.2) is 67.5 Å². The van der Waals surface area contributed by atoms with Crippen LogP contribution in [0.25, 0.3) is 11.1 Å². The summed E-state index contributed by atoms with van der Waals surface area (Å²) in [4.78, 5) is 17.7. The Morgan fingerprint density at radius 1 is 1.08 bits per heavy atom. The van der Waals surface area contributed by atoms with Gasteiger partial charge in [-0.1, -0.05) is 5.16 Å². The second-order valence-electron chi connectivity index (χ2n) is 6.03. The summed E-state index contributed by atoms with van der Waals surface area (Å²) in [6.07, 6.45) is 3.33. The van der Waals surface area contributed by atoms with E-state index in [1.807, 2.05) is 18.5 Å². The molecule has 4 rings (SSSR count). The number of hydrogen-bond acceptors (Lipinski definition) is 8. The van der Waals surface area contributed by atoms with Gasteiger partial charge in [-0.15, -0.1) is 0 Å². The van der Waals surface area contributed by atoms with Crippen LogP contribution in [0.3, 0.4) is 0 Å². The fourth-order valence-corrected chi connectivity index (χ4v) is 3.08. The number of fused-ring (bicyclic) bond motifs is 1. The molecule has 4 heterocycles. The summed E-state index contributed by atoms with van der Waals surface area (Å²) >= 11 is 0. The highest BCUT2D eigenvalue weighted by molar-refractivity contribution is 5.88. The molecule has 1 fully saturated rings. The van der Waals surface area contributed by atoms with Crippen LogP contribution in [0.2, 0.25) is 0 Å². The summed E-state index contributed by atoms with van der Waals surface area (Å²) in [5.74, 6) is 1.65. The van der Waals surface area contributed by atoms with E-state index in [0.717, 1.165) is 56.2 Å². The highest BCUT2D eigenvalue weighted by Crippen LogP contribution is 2.27. The molecule has 0 aromatic carbocycles. The number of piperazine rings is 1. The van der Waals surface area contributed by atoms with Crippen molar-refractivity contribution in [1.29, 1.82) is 0 Å². The number of anilines is 1. The molecule has 9 heteroatoms. The quantitative estimate of drug-likeness (QED) is 0.690. The third-order valence-electron chi connectivity index (χ3n) is 4.38. The Hall–Kier alpha value is -2.55. The van der Waals surface area contributed by atoms with Crippen molar-refractivity contribution in [2.24, 2.45) is 0 Å². The summed E-state index contributed by atoms with van der Waals surface area (Å²) in [6.45, 7) is 9.48. The number of nitrogens with zero attached hydrogens (tertiary/aromatic N) is 8. The normalized spacial score (nSPS) is 16.2. The van der Waals surface area contributed by atoms with Crippen LogP contribution < -0.4 is 4.90 Å². The Balaban J connectivity index is 1.45. The molecule has 1 saturated heterocycles. The molecule has 0 unspecified atom stereocenters. The molecule has 0 atom stereocenters. The van der Waals surface area contributed by atoms with Crippen molar-refractivity contribution in [3.05, 3.63) is 24.2 Å². The van der Waals surface area contributed by atoms with Crippen molar-refractivity contribution in [1.82, 2.24) is 34.8 Å². The van der Waals surface area contributed by atoms with Crippen LogP contribution in [0.1, 0.15) is 11.5 Å².